The van der Waals surface area contributed by atoms with Crippen LogP contribution < -0.4 is 10.2 Å². The van der Waals surface area contributed by atoms with E-state index in [1.165, 1.54) is 0 Å². The van der Waals surface area contributed by atoms with E-state index in [9.17, 15) is 14.7 Å². The number of anilines is 2. The van der Waals surface area contributed by atoms with Gasteiger partial charge in [-0.05, 0) is 30.0 Å². The molecule has 1 aromatic heterocycles. The van der Waals surface area contributed by atoms with Crippen molar-refractivity contribution >= 4 is 34.4 Å². The molecule has 6 nitrogen and oxygen atoms in total. The second-order valence-electron chi connectivity index (χ2n) is 6.92. The number of aliphatic carboxylic acids is 1. The Kier molecular flexibility index (Phi) is 4.32. The van der Waals surface area contributed by atoms with Crippen LogP contribution in [-0.2, 0) is 11.2 Å². The quantitative estimate of drug-likeness (QED) is 0.644. The van der Waals surface area contributed by atoms with E-state index in [0.29, 0.717) is 12.4 Å². The average molecular weight is 363 g/mol. The van der Waals surface area contributed by atoms with E-state index in [0.717, 1.165) is 34.1 Å². The number of hydrogen-bond acceptors (Lipinski definition) is 2. The fraction of sp³-hybridized carbons (Fsp3) is 0.238. The largest absolute Gasteiger partial charge is 0.481 e. The molecule has 27 heavy (non-hydrogen) atoms. The van der Waals surface area contributed by atoms with E-state index in [1.807, 2.05) is 55.5 Å². The van der Waals surface area contributed by atoms with Gasteiger partial charge in [-0.25, -0.2) is 4.79 Å². The summed E-state index contributed by atoms with van der Waals surface area (Å²) in [5, 5.41) is 13.1. The topological polar surface area (TPSA) is 85.4 Å². The van der Waals surface area contributed by atoms with Crippen molar-refractivity contribution in [2.24, 2.45) is 0 Å². The number of fused-ring (bicyclic) bond motifs is 2. The summed E-state index contributed by atoms with van der Waals surface area (Å²) in [4.78, 5) is 29.1. The van der Waals surface area contributed by atoms with Gasteiger partial charge in [-0.15, -0.1) is 0 Å². The monoisotopic (exact) mass is 363 g/mol. The third-order valence-electron chi connectivity index (χ3n) is 5.08. The summed E-state index contributed by atoms with van der Waals surface area (Å²) in [5.41, 5.74) is 3.78. The number of H-pyrrole nitrogens is 1. The molecule has 0 saturated heterocycles. The van der Waals surface area contributed by atoms with Gasteiger partial charge >= 0.3 is 12.0 Å². The number of hydrogen-bond donors (Lipinski definition) is 3. The van der Waals surface area contributed by atoms with E-state index in [2.05, 4.69) is 10.3 Å². The summed E-state index contributed by atoms with van der Waals surface area (Å²) in [6.07, 6.45) is 0.829. The molecule has 1 unspecified atom stereocenters. The number of carbonyl (C=O) groups excluding carboxylic acids is 1. The molecule has 1 atom stereocenters. The van der Waals surface area contributed by atoms with Crippen LogP contribution in [0.15, 0.2) is 48.5 Å². The molecule has 3 aromatic rings. The zero-order chi connectivity index (χ0) is 19.0. The molecule has 0 bridgehead atoms. The van der Waals surface area contributed by atoms with Gasteiger partial charge in [0.1, 0.15) is 5.82 Å². The van der Waals surface area contributed by atoms with Crippen LogP contribution in [0.1, 0.15) is 30.4 Å². The molecule has 0 radical (unpaired) electrons. The lowest BCUT2D eigenvalue weighted by atomic mass is 9.96. The molecule has 0 spiro atoms. The fourth-order valence-corrected chi connectivity index (χ4v) is 3.86. The zero-order valence-electron chi connectivity index (χ0n) is 15.0. The van der Waals surface area contributed by atoms with E-state index in [4.69, 9.17) is 0 Å². The Morgan fingerprint density at radius 1 is 1.19 bits per heavy atom. The van der Waals surface area contributed by atoms with Crippen LogP contribution in [0, 0.1) is 0 Å². The van der Waals surface area contributed by atoms with Crippen molar-refractivity contribution in [2.75, 3.05) is 16.8 Å². The number of aromatic amines is 1. The Bertz CT molecular complexity index is 1020. The highest BCUT2D eigenvalue weighted by molar-refractivity contribution is 6.05. The van der Waals surface area contributed by atoms with Crippen LogP contribution in [0.2, 0.25) is 0 Å². The smallest absolute Gasteiger partial charge is 0.327 e. The predicted octanol–water partition coefficient (Wildman–Crippen LogP) is 4.34. The van der Waals surface area contributed by atoms with E-state index >= 15 is 0 Å². The Morgan fingerprint density at radius 2 is 1.93 bits per heavy atom. The molecule has 2 aromatic carbocycles. The number of carboxylic acids is 1. The van der Waals surface area contributed by atoms with Crippen LogP contribution in [0.5, 0.6) is 0 Å². The number of para-hydroxylation sites is 2. The summed E-state index contributed by atoms with van der Waals surface area (Å²) in [6, 6.07) is 15.4. The molecule has 0 fully saturated rings. The lowest BCUT2D eigenvalue weighted by Gasteiger charge is -2.19. The number of nitrogens with zero attached hydrogens (tertiary/aromatic N) is 1. The van der Waals surface area contributed by atoms with Gasteiger partial charge in [0.05, 0.1) is 6.42 Å². The van der Waals surface area contributed by atoms with Crippen LogP contribution in [0.25, 0.3) is 10.9 Å². The summed E-state index contributed by atoms with van der Waals surface area (Å²) in [5.74, 6) is -0.530. The normalized spacial score (nSPS) is 14.2. The van der Waals surface area contributed by atoms with Gasteiger partial charge in [0.2, 0.25) is 0 Å². The number of amides is 2. The minimum atomic E-state index is -0.862. The van der Waals surface area contributed by atoms with Gasteiger partial charge in [-0.2, -0.15) is 0 Å². The molecule has 4 rings (SSSR count). The molecule has 0 saturated carbocycles. The van der Waals surface area contributed by atoms with Gasteiger partial charge in [-0.1, -0.05) is 43.3 Å². The van der Waals surface area contributed by atoms with Gasteiger partial charge in [0.15, 0.2) is 0 Å². The molecule has 3 N–H and O–H groups in total. The molecule has 2 amide bonds. The predicted molar refractivity (Wildman–Crippen MR) is 105 cm³/mol. The van der Waals surface area contributed by atoms with Gasteiger partial charge in [-0.3, -0.25) is 15.0 Å². The van der Waals surface area contributed by atoms with Crippen LogP contribution >= 0.6 is 0 Å². The Balaban J connectivity index is 1.67. The first kappa shape index (κ1) is 17.1. The third-order valence-corrected chi connectivity index (χ3v) is 5.08. The Morgan fingerprint density at radius 3 is 2.74 bits per heavy atom. The summed E-state index contributed by atoms with van der Waals surface area (Å²) >= 11 is 0. The van der Waals surface area contributed by atoms with Crippen molar-refractivity contribution in [1.82, 2.24) is 4.98 Å². The van der Waals surface area contributed by atoms with Crippen LogP contribution in [0.3, 0.4) is 0 Å². The van der Waals surface area contributed by atoms with Crippen molar-refractivity contribution < 1.29 is 14.7 Å². The lowest BCUT2D eigenvalue weighted by molar-refractivity contribution is -0.137. The minimum Gasteiger partial charge on any atom is -0.481 e. The van der Waals surface area contributed by atoms with Crippen molar-refractivity contribution in [1.29, 1.82) is 0 Å². The molecular weight excluding hydrogens is 342 g/mol. The minimum absolute atomic E-state index is 0.00271. The van der Waals surface area contributed by atoms with E-state index < -0.39 is 5.97 Å². The maximum absolute atomic E-state index is 12.9. The highest BCUT2D eigenvalue weighted by Crippen LogP contribution is 2.35. The Labute approximate surface area is 156 Å². The molecular formula is C21H21N3O3. The molecule has 1 aliphatic rings. The van der Waals surface area contributed by atoms with Crippen LogP contribution in [-0.4, -0.2) is 28.6 Å². The van der Waals surface area contributed by atoms with Crippen molar-refractivity contribution in [3.8, 4) is 0 Å². The number of carbonyl (C=O) groups is 2. The molecule has 1 aliphatic heterocycles. The summed E-state index contributed by atoms with van der Waals surface area (Å²) in [7, 11) is 0. The first-order chi connectivity index (χ1) is 13.0. The number of aromatic nitrogens is 1. The number of urea groups is 1. The standard InChI is InChI=1S/C21H21N3O3/c1-13(12-18(25)26)19-15-7-3-4-8-16(15)22-20(19)23-21(27)24-11-10-14-6-2-5-9-17(14)24/h2-9,13,22H,10-12H2,1H3,(H,23,27)(H,25,26). The van der Waals surface area contributed by atoms with E-state index in [-0.39, 0.29) is 18.4 Å². The van der Waals surface area contributed by atoms with E-state index in [1.54, 1.807) is 4.90 Å². The maximum atomic E-state index is 12.9. The molecule has 2 heterocycles. The number of carboxylic acid groups (broad SMARTS) is 1. The zero-order valence-corrected chi connectivity index (χ0v) is 15.0. The average Bonchev–Trinajstić information content (AvgIpc) is 3.22. The van der Waals surface area contributed by atoms with Gasteiger partial charge < -0.3 is 10.1 Å². The van der Waals surface area contributed by atoms with Gasteiger partial charge in [0.25, 0.3) is 0 Å². The van der Waals surface area contributed by atoms with Gasteiger partial charge in [0, 0.05) is 28.7 Å². The first-order valence-electron chi connectivity index (χ1n) is 9.03. The second-order valence-corrected chi connectivity index (χ2v) is 6.92. The second kappa shape index (κ2) is 6.79. The van der Waals surface area contributed by atoms with Crippen molar-refractivity contribution in [2.45, 2.75) is 25.7 Å². The highest BCUT2D eigenvalue weighted by Gasteiger charge is 2.26. The Hall–Kier alpha value is -3.28. The maximum Gasteiger partial charge on any atom is 0.327 e. The third kappa shape index (κ3) is 3.14. The first-order valence-corrected chi connectivity index (χ1v) is 9.03. The SMILES string of the molecule is CC(CC(=O)O)c1c(NC(=O)N2CCc3ccccc32)[nH]c2ccccc12. The van der Waals surface area contributed by atoms with Crippen LogP contribution in [0.4, 0.5) is 16.3 Å². The molecule has 138 valence electrons. The lowest BCUT2D eigenvalue weighted by Crippen LogP contribution is -2.33. The van der Waals surface area contributed by atoms with Crippen molar-refractivity contribution in [3.05, 3.63) is 59.7 Å². The fourth-order valence-electron chi connectivity index (χ4n) is 3.86. The number of rotatable bonds is 4. The van der Waals surface area contributed by atoms with Crippen molar-refractivity contribution in [3.63, 3.8) is 0 Å². The summed E-state index contributed by atoms with van der Waals surface area (Å²) in [6.45, 7) is 2.50. The number of benzene rings is 2. The molecule has 0 aliphatic carbocycles. The summed E-state index contributed by atoms with van der Waals surface area (Å²) < 4.78 is 0. The number of nitrogens with one attached hydrogen (secondary N) is 2. The highest BCUT2D eigenvalue weighted by atomic mass is 16.4. The molecule has 6 heteroatoms.